The van der Waals surface area contributed by atoms with Crippen LogP contribution in [0.25, 0.3) is 0 Å². The van der Waals surface area contributed by atoms with Gasteiger partial charge in [-0.15, -0.1) is 0 Å². The van der Waals surface area contributed by atoms with Gasteiger partial charge >= 0.3 is 5.97 Å². The molecule has 2 atom stereocenters. The quantitative estimate of drug-likeness (QED) is 0.895. The first kappa shape index (κ1) is 14.9. The SMILES string of the molecule is COc1ccc(C(=O)O)cc1COC1CCCCC1C. The normalized spacial score (nSPS) is 22.5. The van der Waals surface area contributed by atoms with Crippen LogP contribution in [0.4, 0.5) is 0 Å². The lowest BCUT2D eigenvalue weighted by atomic mass is 9.88. The zero-order chi connectivity index (χ0) is 14.5. The minimum atomic E-state index is -0.931. The number of benzene rings is 1. The second-order valence-electron chi connectivity index (χ2n) is 5.44. The predicted octanol–water partition coefficient (Wildman–Crippen LogP) is 3.49. The van der Waals surface area contributed by atoms with Gasteiger partial charge in [0.2, 0.25) is 0 Å². The van der Waals surface area contributed by atoms with Crippen LogP contribution in [0.5, 0.6) is 5.75 Å². The summed E-state index contributed by atoms with van der Waals surface area (Å²) in [4.78, 5) is 11.0. The van der Waals surface area contributed by atoms with Crippen LogP contribution in [0.3, 0.4) is 0 Å². The zero-order valence-electron chi connectivity index (χ0n) is 12.1. The predicted molar refractivity (Wildman–Crippen MR) is 76.2 cm³/mol. The summed E-state index contributed by atoms with van der Waals surface area (Å²) in [6.07, 6.45) is 5.04. The van der Waals surface area contributed by atoms with Gasteiger partial charge in [0.1, 0.15) is 5.75 Å². The van der Waals surface area contributed by atoms with Gasteiger partial charge in [-0.2, -0.15) is 0 Å². The molecule has 1 aromatic carbocycles. The number of carboxylic acid groups (broad SMARTS) is 1. The molecule has 110 valence electrons. The molecule has 0 saturated heterocycles. The van der Waals surface area contributed by atoms with E-state index in [9.17, 15) is 4.79 Å². The summed E-state index contributed by atoms with van der Waals surface area (Å²) >= 11 is 0. The Morgan fingerprint density at radius 3 is 2.75 bits per heavy atom. The molecule has 1 saturated carbocycles. The van der Waals surface area contributed by atoms with E-state index in [0.29, 0.717) is 18.3 Å². The summed E-state index contributed by atoms with van der Waals surface area (Å²) in [6, 6.07) is 4.87. The van der Waals surface area contributed by atoms with Crippen molar-refractivity contribution in [2.75, 3.05) is 7.11 Å². The highest BCUT2D eigenvalue weighted by Crippen LogP contribution is 2.28. The summed E-state index contributed by atoms with van der Waals surface area (Å²) < 4.78 is 11.3. The summed E-state index contributed by atoms with van der Waals surface area (Å²) in [5.41, 5.74) is 1.06. The molecule has 0 aliphatic heterocycles. The summed E-state index contributed by atoms with van der Waals surface area (Å²) in [7, 11) is 1.59. The van der Waals surface area contributed by atoms with Gasteiger partial charge in [-0.1, -0.05) is 19.8 Å². The van der Waals surface area contributed by atoms with Gasteiger partial charge in [-0.3, -0.25) is 0 Å². The molecule has 1 fully saturated rings. The minimum absolute atomic E-state index is 0.265. The minimum Gasteiger partial charge on any atom is -0.496 e. The molecule has 1 aliphatic rings. The second kappa shape index (κ2) is 6.75. The highest BCUT2D eigenvalue weighted by atomic mass is 16.5. The molecule has 0 amide bonds. The highest BCUT2D eigenvalue weighted by molar-refractivity contribution is 5.88. The molecule has 0 aromatic heterocycles. The van der Waals surface area contributed by atoms with E-state index in [1.807, 2.05) is 0 Å². The zero-order valence-corrected chi connectivity index (χ0v) is 12.1. The van der Waals surface area contributed by atoms with Crippen molar-refractivity contribution in [2.24, 2.45) is 5.92 Å². The van der Waals surface area contributed by atoms with Crippen molar-refractivity contribution in [3.05, 3.63) is 29.3 Å². The second-order valence-corrected chi connectivity index (χ2v) is 5.44. The van der Waals surface area contributed by atoms with Gasteiger partial charge in [0.15, 0.2) is 0 Å². The van der Waals surface area contributed by atoms with Gasteiger partial charge in [-0.25, -0.2) is 4.79 Å². The van der Waals surface area contributed by atoms with Gasteiger partial charge in [0.25, 0.3) is 0 Å². The fourth-order valence-corrected chi connectivity index (χ4v) is 2.75. The van der Waals surface area contributed by atoms with Crippen LogP contribution in [0, 0.1) is 5.92 Å². The van der Waals surface area contributed by atoms with E-state index in [4.69, 9.17) is 14.6 Å². The topological polar surface area (TPSA) is 55.8 Å². The van der Waals surface area contributed by atoms with Crippen LogP contribution in [0.15, 0.2) is 18.2 Å². The first-order chi connectivity index (χ1) is 9.61. The lowest BCUT2D eigenvalue weighted by molar-refractivity contribution is -0.0161. The molecule has 0 bridgehead atoms. The average Bonchev–Trinajstić information content (AvgIpc) is 2.46. The average molecular weight is 278 g/mol. The largest absolute Gasteiger partial charge is 0.496 e. The van der Waals surface area contributed by atoms with E-state index in [1.54, 1.807) is 25.3 Å². The Balaban J connectivity index is 2.07. The number of hydrogen-bond acceptors (Lipinski definition) is 3. The smallest absolute Gasteiger partial charge is 0.335 e. The van der Waals surface area contributed by atoms with E-state index < -0.39 is 5.97 Å². The lowest BCUT2D eigenvalue weighted by Crippen LogP contribution is -2.25. The molecule has 2 rings (SSSR count). The molecule has 4 nitrogen and oxygen atoms in total. The maximum atomic E-state index is 11.0. The van der Waals surface area contributed by atoms with Crippen molar-refractivity contribution in [2.45, 2.75) is 45.3 Å². The number of ether oxygens (including phenoxy) is 2. The summed E-state index contributed by atoms with van der Waals surface area (Å²) in [5.74, 6) is 0.316. The van der Waals surface area contributed by atoms with Crippen LogP contribution >= 0.6 is 0 Å². The lowest BCUT2D eigenvalue weighted by Gasteiger charge is -2.29. The fraction of sp³-hybridized carbons (Fsp3) is 0.562. The first-order valence-corrected chi connectivity index (χ1v) is 7.13. The molecule has 0 radical (unpaired) electrons. The third-order valence-electron chi connectivity index (χ3n) is 4.01. The third kappa shape index (κ3) is 3.51. The highest BCUT2D eigenvalue weighted by Gasteiger charge is 2.22. The summed E-state index contributed by atoms with van der Waals surface area (Å²) in [6.45, 7) is 2.62. The van der Waals surface area contributed by atoms with Crippen molar-refractivity contribution in [1.82, 2.24) is 0 Å². The van der Waals surface area contributed by atoms with Crippen LogP contribution in [0.1, 0.15) is 48.5 Å². The van der Waals surface area contributed by atoms with Gasteiger partial charge in [0.05, 0.1) is 25.4 Å². The van der Waals surface area contributed by atoms with Crippen molar-refractivity contribution in [3.63, 3.8) is 0 Å². The molecule has 2 unspecified atom stereocenters. The molecule has 4 heteroatoms. The maximum Gasteiger partial charge on any atom is 0.335 e. The monoisotopic (exact) mass is 278 g/mol. The van der Waals surface area contributed by atoms with Crippen LogP contribution < -0.4 is 4.74 Å². The molecule has 0 spiro atoms. The Labute approximate surface area is 119 Å². The van der Waals surface area contributed by atoms with Gasteiger partial charge in [-0.05, 0) is 37.0 Å². The number of hydrogen-bond donors (Lipinski definition) is 1. The van der Waals surface area contributed by atoms with E-state index in [1.165, 1.54) is 19.3 Å². The van der Waals surface area contributed by atoms with Crippen LogP contribution in [-0.4, -0.2) is 24.3 Å². The Kier molecular flexibility index (Phi) is 5.01. The molecular weight excluding hydrogens is 256 g/mol. The molecule has 20 heavy (non-hydrogen) atoms. The Bertz CT molecular complexity index is 470. The maximum absolute atomic E-state index is 11.0. The third-order valence-corrected chi connectivity index (χ3v) is 4.01. The van der Waals surface area contributed by atoms with Crippen molar-refractivity contribution in [1.29, 1.82) is 0 Å². The molecule has 0 heterocycles. The Morgan fingerprint density at radius 1 is 1.35 bits per heavy atom. The van der Waals surface area contributed by atoms with Crippen LogP contribution in [-0.2, 0) is 11.3 Å². The molecule has 1 aliphatic carbocycles. The standard InChI is InChI=1S/C16H22O4/c1-11-5-3-4-6-14(11)20-10-13-9-12(16(17)18)7-8-15(13)19-2/h7-9,11,14H,3-6,10H2,1-2H3,(H,17,18). The molecule has 1 N–H and O–H groups in total. The van der Waals surface area contributed by atoms with Gasteiger partial charge < -0.3 is 14.6 Å². The number of methoxy groups -OCH3 is 1. The van der Waals surface area contributed by atoms with E-state index in [-0.39, 0.29) is 11.7 Å². The van der Waals surface area contributed by atoms with Crippen molar-refractivity contribution < 1.29 is 19.4 Å². The van der Waals surface area contributed by atoms with Crippen LogP contribution in [0.2, 0.25) is 0 Å². The number of carboxylic acids is 1. The summed E-state index contributed by atoms with van der Waals surface area (Å²) in [5, 5.41) is 9.05. The Morgan fingerprint density at radius 2 is 2.10 bits per heavy atom. The number of aromatic carboxylic acids is 1. The Hall–Kier alpha value is -1.55. The fourth-order valence-electron chi connectivity index (χ4n) is 2.75. The van der Waals surface area contributed by atoms with Gasteiger partial charge in [0, 0.05) is 5.56 Å². The van der Waals surface area contributed by atoms with Crippen molar-refractivity contribution >= 4 is 5.97 Å². The van der Waals surface area contributed by atoms with E-state index in [0.717, 1.165) is 12.0 Å². The molecule has 1 aromatic rings. The number of rotatable bonds is 5. The van der Waals surface area contributed by atoms with Crippen molar-refractivity contribution in [3.8, 4) is 5.75 Å². The van der Waals surface area contributed by atoms with E-state index in [2.05, 4.69) is 6.92 Å². The first-order valence-electron chi connectivity index (χ1n) is 7.13. The molecular formula is C16H22O4. The number of carbonyl (C=O) groups is 1. The van der Waals surface area contributed by atoms with E-state index >= 15 is 0 Å².